The van der Waals surface area contributed by atoms with Crippen LogP contribution in [-0.2, 0) is 4.74 Å². The van der Waals surface area contributed by atoms with Crippen LogP contribution < -0.4 is 5.73 Å². The van der Waals surface area contributed by atoms with E-state index in [0.29, 0.717) is 0 Å². The number of carbonyl (C=O) groups excluding carboxylic acids is 1. The van der Waals surface area contributed by atoms with Gasteiger partial charge in [-0.2, -0.15) is 0 Å². The van der Waals surface area contributed by atoms with Gasteiger partial charge in [0.05, 0.1) is 10.7 Å². The van der Waals surface area contributed by atoms with Crippen LogP contribution in [0.2, 0.25) is 0 Å². The molecule has 0 spiro atoms. The molecule has 1 amide bonds. The van der Waals surface area contributed by atoms with Crippen molar-refractivity contribution in [1.29, 1.82) is 0 Å². The van der Waals surface area contributed by atoms with Crippen molar-refractivity contribution in [2.75, 3.05) is 6.54 Å². The number of nitrogens with two attached hydrogens (primary N) is 1. The van der Waals surface area contributed by atoms with Gasteiger partial charge in [-0.15, -0.1) is 0 Å². The Kier molecular flexibility index (Phi) is 4.35. The Bertz CT molecular complexity index is 527. The normalized spacial score (nSPS) is 22.2. The van der Waals surface area contributed by atoms with Crippen LogP contribution in [-0.4, -0.2) is 29.4 Å². The summed E-state index contributed by atoms with van der Waals surface area (Å²) in [6.45, 7) is 5.82. The van der Waals surface area contributed by atoms with Gasteiger partial charge in [0.1, 0.15) is 5.60 Å². The first kappa shape index (κ1) is 14.9. The van der Waals surface area contributed by atoms with Gasteiger partial charge in [-0.1, -0.05) is 17.8 Å². The molecule has 0 unspecified atom stereocenters. The van der Waals surface area contributed by atoms with Crippen molar-refractivity contribution in [1.82, 2.24) is 4.90 Å². The number of aliphatic imine (C=N–C) groups is 1. The molecule has 0 fully saturated rings. The van der Waals surface area contributed by atoms with Crippen molar-refractivity contribution < 1.29 is 9.53 Å². The number of hydrogen-bond acceptors (Lipinski definition) is 5. The van der Waals surface area contributed by atoms with E-state index in [2.05, 4.69) is 4.99 Å². The van der Waals surface area contributed by atoms with Crippen LogP contribution in [0.3, 0.4) is 0 Å². The Morgan fingerprint density at radius 1 is 1.55 bits per heavy atom. The highest BCUT2D eigenvalue weighted by Gasteiger charge is 2.32. The van der Waals surface area contributed by atoms with E-state index in [4.69, 9.17) is 10.5 Å². The fourth-order valence-corrected chi connectivity index (χ4v) is 2.83. The standard InChI is InChI=1S/C14H19N3O2S/c1-14(2,3)19-13(18)17-11(7-15)9-20-12(17)10-5-4-6-16-8-10/h4,6,8-9H,5,7,15H2,1-3H3. The summed E-state index contributed by atoms with van der Waals surface area (Å²) >= 11 is 1.48. The van der Waals surface area contributed by atoms with Crippen molar-refractivity contribution in [3.63, 3.8) is 0 Å². The molecular formula is C14H19N3O2S. The number of thioether (sulfide) groups is 1. The SMILES string of the molecule is CC(C)(C)OC(=O)N1C(CN)=CSC1=C1C=NC=CC1. The van der Waals surface area contributed by atoms with E-state index < -0.39 is 11.7 Å². The number of ether oxygens (including phenoxy) is 1. The van der Waals surface area contributed by atoms with Crippen molar-refractivity contribution in [2.45, 2.75) is 32.8 Å². The summed E-state index contributed by atoms with van der Waals surface area (Å²) in [4.78, 5) is 18.0. The lowest BCUT2D eigenvalue weighted by Gasteiger charge is -2.27. The zero-order valence-corrected chi connectivity index (χ0v) is 12.7. The van der Waals surface area contributed by atoms with Gasteiger partial charge in [-0.3, -0.25) is 4.99 Å². The Labute approximate surface area is 123 Å². The number of nitrogens with zero attached hydrogens (tertiary/aromatic N) is 2. The first-order chi connectivity index (χ1) is 9.42. The van der Waals surface area contributed by atoms with Gasteiger partial charge in [0.25, 0.3) is 0 Å². The average molecular weight is 293 g/mol. The van der Waals surface area contributed by atoms with Crippen LogP contribution >= 0.6 is 11.8 Å². The second-order valence-corrected chi connectivity index (χ2v) is 6.30. The van der Waals surface area contributed by atoms with Crippen molar-refractivity contribution in [3.05, 3.63) is 34.0 Å². The van der Waals surface area contributed by atoms with Gasteiger partial charge in [0, 0.05) is 24.5 Å². The zero-order valence-electron chi connectivity index (χ0n) is 11.9. The number of rotatable bonds is 1. The molecule has 0 bridgehead atoms. The molecule has 0 atom stereocenters. The minimum Gasteiger partial charge on any atom is -0.443 e. The van der Waals surface area contributed by atoms with E-state index in [1.807, 2.05) is 32.3 Å². The molecule has 2 aliphatic rings. The summed E-state index contributed by atoms with van der Waals surface area (Å²) in [5.41, 5.74) is 6.91. The Morgan fingerprint density at radius 2 is 2.30 bits per heavy atom. The fraction of sp³-hybridized carbons (Fsp3) is 0.429. The first-order valence-electron chi connectivity index (χ1n) is 6.42. The van der Waals surface area contributed by atoms with E-state index in [1.165, 1.54) is 11.8 Å². The highest BCUT2D eigenvalue weighted by molar-refractivity contribution is 8.06. The van der Waals surface area contributed by atoms with Crippen LogP contribution in [0.15, 0.2) is 39.0 Å². The fourth-order valence-electron chi connectivity index (χ4n) is 1.79. The molecule has 2 heterocycles. The minimum atomic E-state index is -0.541. The van der Waals surface area contributed by atoms with Crippen molar-refractivity contribution >= 4 is 24.1 Å². The Balaban J connectivity index is 2.29. The van der Waals surface area contributed by atoms with E-state index in [0.717, 1.165) is 22.7 Å². The average Bonchev–Trinajstić information content (AvgIpc) is 2.81. The maximum absolute atomic E-state index is 12.4. The third-order valence-electron chi connectivity index (χ3n) is 2.62. The summed E-state index contributed by atoms with van der Waals surface area (Å²) in [5, 5.41) is 2.71. The molecule has 2 aliphatic heterocycles. The number of hydrogen-bond donors (Lipinski definition) is 1. The van der Waals surface area contributed by atoms with E-state index in [1.54, 1.807) is 17.3 Å². The van der Waals surface area contributed by atoms with Crippen LogP contribution in [0.1, 0.15) is 27.2 Å². The Morgan fingerprint density at radius 3 is 2.85 bits per heavy atom. The largest absolute Gasteiger partial charge is 0.443 e. The summed E-state index contributed by atoms with van der Waals surface area (Å²) in [7, 11) is 0. The molecule has 0 aliphatic carbocycles. The van der Waals surface area contributed by atoms with Gasteiger partial charge < -0.3 is 10.5 Å². The van der Waals surface area contributed by atoms with Crippen LogP contribution in [0.5, 0.6) is 0 Å². The minimum absolute atomic E-state index is 0.288. The number of allylic oxidation sites excluding steroid dienone is 2. The maximum Gasteiger partial charge on any atom is 0.419 e. The number of carbonyl (C=O) groups is 1. The van der Waals surface area contributed by atoms with E-state index >= 15 is 0 Å². The molecule has 6 heteroatoms. The van der Waals surface area contributed by atoms with Gasteiger partial charge >= 0.3 is 6.09 Å². The topological polar surface area (TPSA) is 67.9 Å². The molecule has 0 radical (unpaired) electrons. The molecule has 0 aromatic rings. The van der Waals surface area contributed by atoms with Crippen molar-refractivity contribution in [3.8, 4) is 0 Å². The van der Waals surface area contributed by atoms with Crippen LogP contribution in [0.4, 0.5) is 4.79 Å². The smallest absolute Gasteiger partial charge is 0.419 e. The van der Waals surface area contributed by atoms with Crippen LogP contribution in [0, 0.1) is 0 Å². The molecule has 5 nitrogen and oxygen atoms in total. The van der Waals surface area contributed by atoms with Gasteiger partial charge in [0.2, 0.25) is 0 Å². The van der Waals surface area contributed by atoms with Gasteiger partial charge in [-0.05, 0) is 32.6 Å². The van der Waals surface area contributed by atoms with E-state index in [9.17, 15) is 4.79 Å². The van der Waals surface area contributed by atoms with E-state index in [-0.39, 0.29) is 6.54 Å². The summed E-state index contributed by atoms with van der Waals surface area (Å²) in [6, 6.07) is 0. The summed E-state index contributed by atoms with van der Waals surface area (Å²) < 4.78 is 5.46. The molecule has 0 aromatic carbocycles. The summed E-state index contributed by atoms with van der Waals surface area (Å²) in [5.74, 6) is 0. The third-order valence-corrected chi connectivity index (χ3v) is 3.67. The van der Waals surface area contributed by atoms with Gasteiger partial charge in [-0.25, -0.2) is 9.69 Å². The molecule has 0 saturated carbocycles. The third kappa shape index (κ3) is 3.32. The van der Waals surface area contributed by atoms with Gasteiger partial charge in [0.15, 0.2) is 0 Å². The highest BCUT2D eigenvalue weighted by Crippen LogP contribution is 2.38. The zero-order chi connectivity index (χ0) is 14.8. The molecule has 20 heavy (non-hydrogen) atoms. The lowest BCUT2D eigenvalue weighted by molar-refractivity contribution is 0.0378. The predicted octanol–water partition coefficient (Wildman–Crippen LogP) is 2.97. The van der Waals surface area contributed by atoms with Crippen molar-refractivity contribution in [2.24, 2.45) is 10.7 Å². The molecule has 108 valence electrons. The lowest BCUT2D eigenvalue weighted by Crippen LogP contribution is -2.36. The van der Waals surface area contributed by atoms with Crippen LogP contribution in [0.25, 0.3) is 0 Å². The highest BCUT2D eigenvalue weighted by atomic mass is 32.2. The molecular weight excluding hydrogens is 274 g/mol. The molecule has 2 N–H and O–H groups in total. The molecule has 0 saturated heterocycles. The monoisotopic (exact) mass is 293 g/mol. The second kappa shape index (κ2) is 5.85. The predicted molar refractivity (Wildman–Crippen MR) is 82.1 cm³/mol. The Hall–Kier alpha value is -1.53. The summed E-state index contributed by atoms with van der Waals surface area (Å²) in [6.07, 6.45) is 5.82. The number of amides is 1. The second-order valence-electron chi connectivity index (χ2n) is 5.44. The molecule has 2 rings (SSSR count). The quantitative estimate of drug-likeness (QED) is 0.807. The molecule has 0 aromatic heterocycles. The lowest BCUT2D eigenvalue weighted by atomic mass is 10.2. The maximum atomic E-state index is 12.4. The first-order valence-corrected chi connectivity index (χ1v) is 7.30.